The molecule has 1 atom stereocenters. The Labute approximate surface area is 148 Å². The van der Waals surface area contributed by atoms with E-state index in [1.54, 1.807) is 18.2 Å². The van der Waals surface area contributed by atoms with E-state index < -0.39 is 5.92 Å². The van der Waals surface area contributed by atoms with Crippen LogP contribution in [-0.2, 0) is 0 Å². The Bertz CT molecular complexity index is 1080. The fourth-order valence-electron chi connectivity index (χ4n) is 3.39. The largest absolute Gasteiger partial charge is 0.507 e. The second-order valence-corrected chi connectivity index (χ2v) is 6.37. The van der Waals surface area contributed by atoms with Gasteiger partial charge in [-0.1, -0.05) is 0 Å². The minimum Gasteiger partial charge on any atom is -0.507 e. The van der Waals surface area contributed by atoms with E-state index in [0.29, 0.717) is 28.0 Å². The van der Waals surface area contributed by atoms with Crippen molar-refractivity contribution in [2.45, 2.75) is 19.8 Å². The number of phenolic OH excluding ortho intramolecular Hbond substituents is 2. The summed E-state index contributed by atoms with van der Waals surface area (Å²) in [6.45, 7) is 3.00. The summed E-state index contributed by atoms with van der Waals surface area (Å²) in [6.07, 6.45) is 0. The van der Waals surface area contributed by atoms with E-state index in [1.807, 2.05) is 0 Å². The van der Waals surface area contributed by atoms with Crippen LogP contribution in [-0.4, -0.2) is 28.4 Å². The van der Waals surface area contributed by atoms with Crippen molar-refractivity contribution in [3.05, 3.63) is 52.8 Å². The van der Waals surface area contributed by atoms with E-state index in [-0.39, 0.29) is 40.8 Å². The van der Waals surface area contributed by atoms with Crippen molar-refractivity contribution in [1.82, 2.24) is 0 Å². The van der Waals surface area contributed by atoms with Gasteiger partial charge in [0.2, 0.25) is 0 Å². The third-order valence-corrected chi connectivity index (χ3v) is 4.72. The van der Waals surface area contributed by atoms with Gasteiger partial charge >= 0.3 is 0 Å². The van der Waals surface area contributed by atoms with Crippen LogP contribution in [0.5, 0.6) is 17.2 Å². The molecule has 2 N–H and O–H groups in total. The normalized spacial score (nSPS) is 15.7. The van der Waals surface area contributed by atoms with Gasteiger partial charge in [0, 0.05) is 0 Å². The number of carbonyl (C=O) groups is 2. The van der Waals surface area contributed by atoms with Crippen molar-refractivity contribution in [2.24, 2.45) is 0 Å². The van der Waals surface area contributed by atoms with Crippen molar-refractivity contribution < 1.29 is 29.0 Å². The van der Waals surface area contributed by atoms with Crippen LogP contribution in [0, 0.1) is 0 Å². The molecule has 1 unspecified atom stereocenters. The van der Waals surface area contributed by atoms with Crippen LogP contribution in [0.4, 0.5) is 0 Å². The molecule has 1 aliphatic rings. The van der Waals surface area contributed by atoms with Gasteiger partial charge in [0.15, 0.2) is 11.6 Å². The Balaban J connectivity index is 1.86. The molecule has 3 aromatic rings. The molecule has 0 spiro atoms. The monoisotopic (exact) mass is 352 g/mol. The highest BCUT2D eigenvalue weighted by Crippen LogP contribution is 2.46. The maximum atomic E-state index is 11.7. The zero-order chi connectivity index (χ0) is 18.6. The number of ether oxygens (including phenoxy) is 1. The first kappa shape index (κ1) is 16.2. The third kappa shape index (κ3) is 2.26. The van der Waals surface area contributed by atoms with E-state index in [4.69, 9.17) is 9.15 Å². The number of furan rings is 1. The number of phenols is 2. The van der Waals surface area contributed by atoms with Gasteiger partial charge in [0.1, 0.15) is 35.2 Å². The SMILES string of the molecule is CC(=O)c1ccc2c(c1O)C(c1cc3c(O)c(C(C)=O)ccc3o1)CO2. The lowest BCUT2D eigenvalue weighted by Crippen LogP contribution is -2.02. The number of hydrogen-bond donors (Lipinski definition) is 2. The van der Waals surface area contributed by atoms with Crippen LogP contribution in [0.25, 0.3) is 11.0 Å². The molecule has 1 aliphatic heterocycles. The summed E-state index contributed by atoms with van der Waals surface area (Å²) < 4.78 is 11.5. The van der Waals surface area contributed by atoms with E-state index in [2.05, 4.69) is 0 Å². The van der Waals surface area contributed by atoms with Crippen LogP contribution in [0.15, 0.2) is 34.7 Å². The molecule has 2 aromatic carbocycles. The summed E-state index contributed by atoms with van der Waals surface area (Å²) >= 11 is 0. The Kier molecular flexibility index (Phi) is 3.50. The second kappa shape index (κ2) is 5.62. The first-order valence-electron chi connectivity index (χ1n) is 8.14. The van der Waals surface area contributed by atoms with Gasteiger partial charge in [0.05, 0.1) is 28.0 Å². The molecular formula is C20H16O6. The summed E-state index contributed by atoms with van der Waals surface area (Å²) in [5, 5.41) is 21.3. The number of ketones is 2. The van der Waals surface area contributed by atoms with Crippen molar-refractivity contribution in [3.63, 3.8) is 0 Å². The summed E-state index contributed by atoms with van der Waals surface area (Å²) in [5.74, 6) is -0.193. The molecule has 132 valence electrons. The Morgan fingerprint density at radius 1 is 1.00 bits per heavy atom. The van der Waals surface area contributed by atoms with Crippen LogP contribution >= 0.6 is 0 Å². The summed E-state index contributed by atoms with van der Waals surface area (Å²) in [7, 11) is 0. The number of benzene rings is 2. The molecule has 0 amide bonds. The zero-order valence-electron chi connectivity index (χ0n) is 14.2. The summed E-state index contributed by atoms with van der Waals surface area (Å²) in [6, 6.07) is 7.96. The minimum atomic E-state index is -0.420. The van der Waals surface area contributed by atoms with Gasteiger partial charge in [-0.3, -0.25) is 9.59 Å². The Hall–Kier alpha value is -3.28. The predicted octanol–water partition coefficient (Wildman–Crippen LogP) is 3.77. The van der Waals surface area contributed by atoms with Crippen molar-refractivity contribution in [2.75, 3.05) is 6.61 Å². The molecule has 4 rings (SSSR count). The fraction of sp³-hybridized carbons (Fsp3) is 0.200. The Morgan fingerprint density at radius 2 is 1.65 bits per heavy atom. The first-order chi connectivity index (χ1) is 12.4. The lowest BCUT2D eigenvalue weighted by Gasteiger charge is -2.09. The topological polar surface area (TPSA) is 97.0 Å². The average Bonchev–Trinajstić information content (AvgIpc) is 3.19. The van der Waals surface area contributed by atoms with E-state index in [9.17, 15) is 19.8 Å². The van der Waals surface area contributed by atoms with Gasteiger partial charge < -0.3 is 19.4 Å². The molecule has 1 aromatic heterocycles. The van der Waals surface area contributed by atoms with E-state index in [0.717, 1.165) is 0 Å². The zero-order valence-corrected chi connectivity index (χ0v) is 14.2. The highest BCUT2D eigenvalue weighted by molar-refractivity contribution is 6.02. The molecule has 0 saturated heterocycles. The van der Waals surface area contributed by atoms with Gasteiger partial charge in [-0.05, 0) is 44.2 Å². The highest BCUT2D eigenvalue weighted by atomic mass is 16.5. The van der Waals surface area contributed by atoms with Gasteiger partial charge in [-0.2, -0.15) is 0 Å². The quantitative estimate of drug-likeness (QED) is 0.697. The van der Waals surface area contributed by atoms with Crippen LogP contribution < -0.4 is 4.74 Å². The maximum Gasteiger partial charge on any atom is 0.163 e. The molecule has 0 radical (unpaired) electrons. The van der Waals surface area contributed by atoms with Crippen LogP contribution in [0.1, 0.15) is 51.8 Å². The molecule has 26 heavy (non-hydrogen) atoms. The number of hydrogen-bond acceptors (Lipinski definition) is 6. The van der Waals surface area contributed by atoms with Gasteiger partial charge in [0.25, 0.3) is 0 Å². The van der Waals surface area contributed by atoms with Gasteiger partial charge in [-0.25, -0.2) is 0 Å². The molecule has 0 fully saturated rings. The third-order valence-electron chi connectivity index (χ3n) is 4.72. The first-order valence-corrected chi connectivity index (χ1v) is 8.14. The lowest BCUT2D eigenvalue weighted by atomic mass is 9.94. The maximum absolute atomic E-state index is 11.7. The average molecular weight is 352 g/mol. The molecular weight excluding hydrogens is 336 g/mol. The molecule has 0 aliphatic carbocycles. The van der Waals surface area contributed by atoms with E-state index in [1.165, 1.54) is 26.0 Å². The molecule has 6 nitrogen and oxygen atoms in total. The van der Waals surface area contributed by atoms with Crippen LogP contribution in [0.2, 0.25) is 0 Å². The lowest BCUT2D eigenvalue weighted by molar-refractivity contribution is 0.100. The standard InChI is InChI=1S/C20H16O6/c1-9(21)11-3-5-15-13(19(11)23)7-17(26-15)14-8-25-16-6-4-12(10(2)22)20(24)18(14)16/h3-7,14,23-24H,8H2,1-2H3. The molecule has 6 heteroatoms. The number of fused-ring (bicyclic) bond motifs is 2. The fourth-order valence-corrected chi connectivity index (χ4v) is 3.39. The van der Waals surface area contributed by atoms with Crippen LogP contribution in [0.3, 0.4) is 0 Å². The molecule has 2 heterocycles. The molecule has 0 saturated carbocycles. The predicted molar refractivity (Wildman–Crippen MR) is 93.3 cm³/mol. The minimum absolute atomic E-state index is 0.119. The number of carbonyl (C=O) groups excluding carboxylic acids is 2. The summed E-state index contributed by atoms with van der Waals surface area (Å²) in [5.41, 5.74) is 1.35. The van der Waals surface area contributed by atoms with Crippen molar-refractivity contribution in [1.29, 1.82) is 0 Å². The summed E-state index contributed by atoms with van der Waals surface area (Å²) in [4.78, 5) is 23.3. The smallest absolute Gasteiger partial charge is 0.163 e. The Morgan fingerprint density at radius 3 is 2.35 bits per heavy atom. The van der Waals surface area contributed by atoms with Crippen molar-refractivity contribution in [3.8, 4) is 17.2 Å². The van der Waals surface area contributed by atoms with E-state index >= 15 is 0 Å². The molecule has 0 bridgehead atoms. The number of aromatic hydroxyl groups is 2. The highest BCUT2D eigenvalue weighted by Gasteiger charge is 2.33. The number of rotatable bonds is 3. The van der Waals surface area contributed by atoms with Crippen molar-refractivity contribution >= 4 is 22.5 Å². The van der Waals surface area contributed by atoms with Gasteiger partial charge in [-0.15, -0.1) is 0 Å². The second-order valence-electron chi connectivity index (χ2n) is 6.37. The number of Topliss-reactive ketones (excluding diaryl/α,β-unsaturated/α-hetero) is 2.